The molecule has 5 nitrogen and oxygen atoms in total. The Kier molecular flexibility index (Phi) is 6.77. The topological polar surface area (TPSA) is 84.7 Å². The van der Waals surface area contributed by atoms with Gasteiger partial charge in [0.2, 0.25) is 0 Å². The van der Waals surface area contributed by atoms with Crippen molar-refractivity contribution in [1.82, 2.24) is 4.90 Å². The maximum Gasteiger partial charge on any atom is 0.253 e. The average Bonchev–Trinajstić information content (AvgIpc) is 2.46. The van der Waals surface area contributed by atoms with Crippen LogP contribution in [0.1, 0.15) is 35.2 Å². The molecular formula is C14H21IN4O. The Morgan fingerprint density at radius 1 is 1.10 bits per heavy atom. The number of likely N-dealkylation sites (tertiary alicyclic amines) is 1. The van der Waals surface area contributed by atoms with Gasteiger partial charge in [0, 0.05) is 18.7 Å². The first-order valence-corrected chi connectivity index (χ1v) is 6.60. The first-order valence-electron chi connectivity index (χ1n) is 6.60. The molecule has 1 aliphatic heterocycles. The van der Waals surface area contributed by atoms with Gasteiger partial charge in [0.15, 0.2) is 5.96 Å². The third kappa shape index (κ3) is 4.66. The summed E-state index contributed by atoms with van der Waals surface area (Å²) in [6.07, 6.45) is 3.43. The Labute approximate surface area is 136 Å². The lowest BCUT2D eigenvalue weighted by atomic mass is 10.1. The van der Waals surface area contributed by atoms with Gasteiger partial charge in [-0.2, -0.15) is 0 Å². The number of hydrogen-bond acceptors (Lipinski definition) is 2. The third-order valence-electron chi connectivity index (χ3n) is 3.29. The first-order chi connectivity index (χ1) is 9.16. The van der Waals surface area contributed by atoms with E-state index in [0.717, 1.165) is 37.1 Å². The number of guanidine groups is 1. The van der Waals surface area contributed by atoms with E-state index in [1.807, 2.05) is 29.2 Å². The molecule has 1 aromatic carbocycles. The molecule has 1 heterocycles. The van der Waals surface area contributed by atoms with Crippen LogP contribution >= 0.6 is 24.0 Å². The highest BCUT2D eigenvalue weighted by Gasteiger charge is 2.17. The molecule has 1 amide bonds. The second kappa shape index (κ2) is 8.08. The molecule has 0 saturated carbocycles. The van der Waals surface area contributed by atoms with Gasteiger partial charge in [0.05, 0.1) is 6.54 Å². The predicted molar refractivity (Wildman–Crippen MR) is 91.1 cm³/mol. The SMILES string of the molecule is I.NC(N)=NCc1ccc(C(=O)N2CCCCC2)cc1. The molecule has 0 bridgehead atoms. The van der Waals surface area contributed by atoms with Crippen molar-refractivity contribution >= 4 is 35.8 Å². The average molecular weight is 388 g/mol. The van der Waals surface area contributed by atoms with E-state index < -0.39 is 0 Å². The zero-order valence-corrected chi connectivity index (χ0v) is 13.7. The molecule has 0 atom stereocenters. The van der Waals surface area contributed by atoms with Crippen molar-refractivity contribution in [2.45, 2.75) is 25.8 Å². The van der Waals surface area contributed by atoms with Crippen molar-refractivity contribution in [3.8, 4) is 0 Å². The van der Waals surface area contributed by atoms with Gasteiger partial charge in [-0.25, -0.2) is 4.99 Å². The number of hydrogen-bond donors (Lipinski definition) is 2. The quantitative estimate of drug-likeness (QED) is 0.470. The number of piperidine rings is 1. The number of nitrogens with two attached hydrogens (primary N) is 2. The van der Waals surface area contributed by atoms with Gasteiger partial charge in [-0.15, -0.1) is 24.0 Å². The molecular weight excluding hydrogens is 367 g/mol. The minimum atomic E-state index is 0. The first kappa shape index (κ1) is 16.7. The molecule has 6 heteroatoms. The third-order valence-corrected chi connectivity index (χ3v) is 3.29. The number of benzene rings is 1. The van der Waals surface area contributed by atoms with Gasteiger partial charge in [-0.3, -0.25) is 4.79 Å². The highest BCUT2D eigenvalue weighted by Crippen LogP contribution is 2.14. The Hall–Kier alpha value is -1.31. The van der Waals surface area contributed by atoms with Crippen LogP contribution in [0.2, 0.25) is 0 Å². The summed E-state index contributed by atoms with van der Waals surface area (Å²) in [5.41, 5.74) is 12.3. The summed E-state index contributed by atoms with van der Waals surface area (Å²) in [5, 5.41) is 0. The Balaban J connectivity index is 0.00000200. The second-order valence-corrected chi connectivity index (χ2v) is 4.79. The van der Waals surface area contributed by atoms with Crippen LogP contribution in [-0.4, -0.2) is 29.9 Å². The number of carbonyl (C=O) groups is 1. The lowest BCUT2D eigenvalue weighted by Gasteiger charge is -2.26. The summed E-state index contributed by atoms with van der Waals surface area (Å²) in [7, 11) is 0. The van der Waals surface area contributed by atoms with Gasteiger partial charge in [-0.05, 0) is 37.0 Å². The van der Waals surface area contributed by atoms with Gasteiger partial charge in [-0.1, -0.05) is 12.1 Å². The molecule has 0 spiro atoms. The number of amides is 1. The molecule has 20 heavy (non-hydrogen) atoms. The standard InChI is InChI=1S/C14H20N4O.HI/c15-14(16)17-10-11-4-6-12(7-5-11)13(19)18-8-2-1-3-9-18;/h4-7H,1-3,8-10H2,(H4,15,16,17);1H. The van der Waals surface area contributed by atoms with Gasteiger partial charge in [0.25, 0.3) is 5.91 Å². The molecule has 1 aliphatic rings. The summed E-state index contributed by atoms with van der Waals surface area (Å²) < 4.78 is 0. The lowest BCUT2D eigenvalue weighted by molar-refractivity contribution is 0.0724. The van der Waals surface area contributed by atoms with Crippen molar-refractivity contribution in [2.75, 3.05) is 13.1 Å². The van der Waals surface area contributed by atoms with Crippen molar-refractivity contribution in [1.29, 1.82) is 0 Å². The molecule has 0 radical (unpaired) electrons. The monoisotopic (exact) mass is 388 g/mol. The zero-order valence-electron chi connectivity index (χ0n) is 11.4. The Morgan fingerprint density at radius 3 is 2.25 bits per heavy atom. The molecule has 1 saturated heterocycles. The second-order valence-electron chi connectivity index (χ2n) is 4.79. The van der Waals surface area contributed by atoms with Gasteiger partial charge in [0.1, 0.15) is 0 Å². The number of halogens is 1. The summed E-state index contributed by atoms with van der Waals surface area (Å²) >= 11 is 0. The fourth-order valence-corrected chi connectivity index (χ4v) is 2.21. The van der Waals surface area contributed by atoms with E-state index in [-0.39, 0.29) is 35.8 Å². The van der Waals surface area contributed by atoms with Crippen LogP contribution in [0, 0.1) is 0 Å². The molecule has 4 N–H and O–H groups in total. The smallest absolute Gasteiger partial charge is 0.253 e. The van der Waals surface area contributed by atoms with Crippen molar-refractivity contribution < 1.29 is 4.79 Å². The molecule has 110 valence electrons. The van der Waals surface area contributed by atoms with Crippen LogP contribution in [0.5, 0.6) is 0 Å². The molecule has 1 aromatic rings. The van der Waals surface area contributed by atoms with Crippen LogP contribution in [-0.2, 0) is 6.54 Å². The largest absolute Gasteiger partial charge is 0.370 e. The number of rotatable bonds is 3. The fourth-order valence-electron chi connectivity index (χ4n) is 2.21. The van der Waals surface area contributed by atoms with Crippen molar-refractivity contribution in [2.24, 2.45) is 16.5 Å². The lowest BCUT2D eigenvalue weighted by Crippen LogP contribution is -2.35. The number of carbonyl (C=O) groups excluding carboxylic acids is 1. The zero-order chi connectivity index (χ0) is 13.7. The van der Waals surface area contributed by atoms with E-state index >= 15 is 0 Å². The summed E-state index contributed by atoms with van der Waals surface area (Å²) in [6.45, 7) is 2.18. The molecule has 0 unspecified atom stereocenters. The number of nitrogens with zero attached hydrogens (tertiary/aromatic N) is 2. The summed E-state index contributed by atoms with van der Waals surface area (Å²) in [4.78, 5) is 18.1. The van der Waals surface area contributed by atoms with E-state index in [1.165, 1.54) is 6.42 Å². The van der Waals surface area contributed by atoms with Crippen LogP contribution < -0.4 is 11.5 Å². The van der Waals surface area contributed by atoms with E-state index in [4.69, 9.17) is 11.5 Å². The highest BCUT2D eigenvalue weighted by molar-refractivity contribution is 14.0. The predicted octanol–water partition coefficient (Wildman–Crippen LogP) is 1.70. The number of aliphatic imine (C=N–C) groups is 1. The van der Waals surface area contributed by atoms with Gasteiger partial charge >= 0.3 is 0 Å². The van der Waals surface area contributed by atoms with Crippen LogP contribution in [0.3, 0.4) is 0 Å². The van der Waals surface area contributed by atoms with E-state index in [1.54, 1.807) is 0 Å². The normalized spacial score (nSPS) is 14.3. The molecule has 0 aromatic heterocycles. The summed E-state index contributed by atoms with van der Waals surface area (Å²) in [5.74, 6) is 0.196. The highest BCUT2D eigenvalue weighted by atomic mass is 127. The van der Waals surface area contributed by atoms with Crippen LogP contribution in [0.15, 0.2) is 29.3 Å². The maximum absolute atomic E-state index is 12.2. The maximum atomic E-state index is 12.2. The molecule has 0 aliphatic carbocycles. The molecule has 1 fully saturated rings. The van der Waals surface area contributed by atoms with E-state index in [2.05, 4.69) is 4.99 Å². The van der Waals surface area contributed by atoms with Gasteiger partial charge < -0.3 is 16.4 Å². The fraction of sp³-hybridized carbons (Fsp3) is 0.429. The van der Waals surface area contributed by atoms with Crippen LogP contribution in [0.4, 0.5) is 0 Å². The van der Waals surface area contributed by atoms with Crippen LogP contribution in [0.25, 0.3) is 0 Å². The van der Waals surface area contributed by atoms with Crippen molar-refractivity contribution in [3.05, 3.63) is 35.4 Å². The van der Waals surface area contributed by atoms with E-state index in [0.29, 0.717) is 6.54 Å². The minimum absolute atomic E-state index is 0. The Morgan fingerprint density at radius 2 is 1.70 bits per heavy atom. The van der Waals surface area contributed by atoms with Crippen molar-refractivity contribution in [3.63, 3.8) is 0 Å². The van der Waals surface area contributed by atoms with E-state index in [9.17, 15) is 4.79 Å². The Bertz CT molecular complexity index is 463. The molecule has 2 rings (SSSR count). The minimum Gasteiger partial charge on any atom is -0.370 e. The summed E-state index contributed by atoms with van der Waals surface area (Å²) in [6, 6.07) is 7.47.